The Morgan fingerprint density at radius 2 is 2.10 bits per heavy atom. The highest BCUT2D eigenvalue weighted by Crippen LogP contribution is 2.20. The van der Waals surface area contributed by atoms with Gasteiger partial charge in [-0.25, -0.2) is 9.37 Å². The monoisotopic (exact) mass is 308 g/mol. The molecular formula is C16H21FN2OS. The molecule has 0 bridgehead atoms. The second kappa shape index (κ2) is 6.54. The SMILES string of the molecule is Cc1ccc(F)c(OCc2csc(CNC(C)(C)C)n2)c1. The third-order valence-corrected chi connectivity index (χ3v) is 3.73. The van der Waals surface area contributed by atoms with Crippen LogP contribution in [0.1, 0.15) is 37.0 Å². The minimum Gasteiger partial charge on any atom is -0.484 e. The van der Waals surface area contributed by atoms with Gasteiger partial charge in [0, 0.05) is 17.5 Å². The molecule has 0 unspecified atom stereocenters. The predicted octanol–water partition coefficient (Wildman–Crippen LogP) is 4.06. The lowest BCUT2D eigenvalue weighted by Crippen LogP contribution is -2.35. The van der Waals surface area contributed by atoms with E-state index in [0.29, 0.717) is 0 Å². The van der Waals surface area contributed by atoms with E-state index >= 15 is 0 Å². The summed E-state index contributed by atoms with van der Waals surface area (Å²) < 4.78 is 19.1. The van der Waals surface area contributed by atoms with Crippen LogP contribution in [0.25, 0.3) is 0 Å². The van der Waals surface area contributed by atoms with Gasteiger partial charge in [-0.3, -0.25) is 0 Å². The van der Waals surface area contributed by atoms with Crippen molar-refractivity contribution in [1.82, 2.24) is 10.3 Å². The first-order valence-electron chi connectivity index (χ1n) is 6.91. The molecule has 0 radical (unpaired) electrons. The first kappa shape index (κ1) is 15.9. The van der Waals surface area contributed by atoms with Crippen molar-refractivity contribution >= 4 is 11.3 Å². The Kier molecular flexibility index (Phi) is 4.96. The number of thiazole rings is 1. The summed E-state index contributed by atoms with van der Waals surface area (Å²) in [6.07, 6.45) is 0. The van der Waals surface area contributed by atoms with Crippen LogP contribution in [-0.2, 0) is 13.2 Å². The number of aromatic nitrogens is 1. The zero-order valence-corrected chi connectivity index (χ0v) is 13.7. The normalized spacial score (nSPS) is 11.7. The van der Waals surface area contributed by atoms with Crippen LogP contribution in [0.5, 0.6) is 5.75 Å². The predicted molar refractivity (Wildman–Crippen MR) is 84.2 cm³/mol. The molecule has 3 nitrogen and oxygen atoms in total. The summed E-state index contributed by atoms with van der Waals surface area (Å²) in [7, 11) is 0. The number of aryl methyl sites for hydroxylation is 1. The third kappa shape index (κ3) is 5.10. The summed E-state index contributed by atoms with van der Waals surface area (Å²) in [6.45, 7) is 9.27. The number of rotatable bonds is 5. The van der Waals surface area contributed by atoms with Crippen LogP contribution in [0.4, 0.5) is 4.39 Å². The van der Waals surface area contributed by atoms with Crippen molar-refractivity contribution < 1.29 is 9.13 Å². The summed E-state index contributed by atoms with van der Waals surface area (Å²) >= 11 is 1.59. The molecule has 0 aliphatic heterocycles. The van der Waals surface area contributed by atoms with E-state index in [1.165, 1.54) is 6.07 Å². The maximum atomic E-state index is 13.6. The molecule has 2 aromatic rings. The Bertz CT molecular complexity index is 605. The van der Waals surface area contributed by atoms with Crippen molar-refractivity contribution in [3.05, 3.63) is 45.7 Å². The van der Waals surface area contributed by atoms with Crippen LogP contribution in [0.15, 0.2) is 23.6 Å². The molecule has 1 heterocycles. The van der Waals surface area contributed by atoms with Crippen molar-refractivity contribution in [2.75, 3.05) is 0 Å². The van der Waals surface area contributed by atoms with E-state index in [9.17, 15) is 4.39 Å². The van der Waals surface area contributed by atoms with Gasteiger partial charge in [0.1, 0.15) is 11.6 Å². The number of nitrogens with one attached hydrogen (secondary N) is 1. The highest BCUT2D eigenvalue weighted by Gasteiger charge is 2.11. The van der Waals surface area contributed by atoms with Gasteiger partial charge in [-0.2, -0.15) is 0 Å². The van der Waals surface area contributed by atoms with Crippen LogP contribution in [0, 0.1) is 12.7 Å². The van der Waals surface area contributed by atoms with E-state index < -0.39 is 0 Å². The Morgan fingerprint density at radius 3 is 2.81 bits per heavy atom. The molecule has 21 heavy (non-hydrogen) atoms. The highest BCUT2D eigenvalue weighted by atomic mass is 32.1. The van der Waals surface area contributed by atoms with Gasteiger partial charge in [-0.1, -0.05) is 6.07 Å². The van der Waals surface area contributed by atoms with Crippen LogP contribution in [0.3, 0.4) is 0 Å². The van der Waals surface area contributed by atoms with E-state index in [1.807, 2.05) is 12.3 Å². The smallest absolute Gasteiger partial charge is 0.165 e. The fourth-order valence-corrected chi connectivity index (χ4v) is 2.43. The molecule has 5 heteroatoms. The number of ether oxygens (including phenoxy) is 1. The zero-order valence-electron chi connectivity index (χ0n) is 12.9. The minimum atomic E-state index is -0.342. The number of hydrogen-bond donors (Lipinski definition) is 1. The molecule has 0 spiro atoms. The lowest BCUT2D eigenvalue weighted by atomic mass is 10.1. The van der Waals surface area contributed by atoms with E-state index in [-0.39, 0.29) is 23.7 Å². The van der Waals surface area contributed by atoms with Gasteiger partial charge in [0.25, 0.3) is 0 Å². The summed E-state index contributed by atoms with van der Waals surface area (Å²) in [5.41, 5.74) is 1.86. The Morgan fingerprint density at radius 1 is 1.33 bits per heavy atom. The average Bonchev–Trinajstić information content (AvgIpc) is 2.85. The van der Waals surface area contributed by atoms with E-state index in [2.05, 4.69) is 31.1 Å². The first-order valence-corrected chi connectivity index (χ1v) is 7.79. The van der Waals surface area contributed by atoms with Gasteiger partial charge in [-0.15, -0.1) is 11.3 Å². The second-order valence-electron chi connectivity index (χ2n) is 6.06. The molecule has 114 valence electrons. The number of hydrogen-bond acceptors (Lipinski definition) is 4. The minimum absolute atomic E-state index is 0.0625. The summed E-state index contributed by atoms with van der Waals surface area (Å²) in [6, 6.07) is 4.84. The van der Waals surface area contributed by atoms with Gasteiger partial charge >= 0.3 is 0 Å². The largest absolute Gasteiger partial charge is 0.484 e. The number of benzene rings is 1. The van der Waals surface area contributed by atoms with Gasteiger partial charge in [0.15, 0.2) is 11.6 Å². The molecule has 0 atom stereocenters. The Balaban J connectivity index is 1.92. The second-order valence-corrected chi connectivity index (χ2v) is 7.00. The summed E-state index contributed by atoms with van der Waals surface area (Å²) in [4.78, 5) is 4.49. The fraction of sp³-hybridized carbons (Fsp3) is 0.438. The van der Waals surface area contributed by atoms with Gasteiger partial charge in [0.05, 0.1) is 5.69 Å². The Hall–Kier alpha value is -1.46. The van der Waals surface area contributed by atoms with Crippen LogP contribution in [-0.4, -0.2) is 10.5 Å². The fourth-order valence-electron chi connectivity index (χ4n) is 1.71. The molecule has 1 aromatic heterocycles. The van der Waals surface area contributed by atoms with Crippen LogP contribution < -0.4 is 10.1 Å². The zero-order chi connectivity index (χ0) is 15.5. The number of halogens is 1. The maximum Gasteiger partial charge on any atom is 0.165 e. The van der Waals surface area contributed by atoms with Gasteiger partial charge in [-0.05, 0) is 45.4 Å². The van der Waals surface area contributed by atoms with Gasteiger partial charge in [0.2, 0.25) is 0 Å². The average molecular weight is 308 g/mol. The van der Waals surface area contributed by atoms with E-state index in [4.69, 9.17) is 4.74 Å². The van der Waals surface area contributed by atoms with E-state index in [0.717, 1.165) is 22.8 Å². The highest BCUT2D eigenvalue weighted by molar-refractivity contribution is 7.09. The van der Waals surface area contributed by atoms with Crippen LogP contribution in [0.2, 0.25) is 0 Å². The maximum absolute atomic E-state index is 13.6. The molecular weight excluding hydrogens is 287 g/mol. The van der Waals surface area contributed by atoms with E-state index in [1.54, 1.807) is 23.5 Å². The molecule has 0 aliphatic carbocycles. The van der Waals surface area contributed by atoms with Crippen LogP contribution >= 0.6 is 11.3 Å². The van der Waals surface area contributed by atoms with Crippen molar-refractivity contribution in [3.63, 3.8) is 0 Å². The number of nitrogens with zero attached hydrogens (tertiary/aromatic N) is 1. The quantitative estimate of drug-likeness (QED) is 0.904. The summed E-state index contributed by atoms with van der Waals surface area (Å²) in [5.74, 6) is -0.0668. The lowest BCUT2D eigenvalue weighted by molar-refractivity contribution is 0.286. The first-order chi connectivity index (χ1) is 9.83. The molecule has 0 aliphatic rings. The molecule has 0 saturated carbocycles. The van der Waals surface area contributed by atoms with Crippen molar-refractivity contribution in [1.29, 1.82) is 0 Å². The summed E-state index contributed by atoms with van der Waals surface area (Å²) in [5, 5.41) is 6.35. The molecule has 1 aromatic carbocycles. The molecule has 0 amide bonds. The molecule has 1 N–H and O–H groups in total. The standard InChI is InChI=1S/C16H21FN2OS/c1-11-5-6-13(17)14(7-11)20-9-12-10-21-15(19-12)8-18-16(2,3)4/h5-7,10,18H,8-9H2,1-4H3. The Labute approximate surface area is 129 Å². The van der Waals surface area contributed by atoms with Crippen molar-refractivity contribution in [3.8, 4) is 5.75 Å². The van der Waals surface area contributed by atoms with Crippen molar-refractivity contribution in [2.45, 2.75) is 46.4 Å². The molecule has 0 saturated heterocycles. The lowest BCUT2D eigenvalue weighted by Gasteiger charge is -2.19. The molecule has 0 fully saturated rings. The van der Waals surface area contributed by atoms with Crippen molar-refractivity contribution in [2.24, 2.45) is 0 Å². The van der Waals surface area contributed by atoms with Gasteiger partial charge < -0.3 is 10.1 Å². The third-order valence-electron chi connectivity index (χ3n) is 2.83. The molecule has 2 rings (SSSR count). The topological polar surface area (TPSA) is 34.1 Å².